The first-order chi connectivity index (χ1) is 8.00. The van der Waals surface area contributed by atoms with Gasteiger partial charge in [-0.25, -0.2) is 0 Å². The fourth-order valence-corrected chi connectivity index (χ4v) is 2.21. The number of piperazine rings is 1. The number of aryl methyl sites for hydroxylation is 1. The summed E-state index contributed by atoms with van der Waals surface area (Å²) in [5.41, 5.74) is 1.85. The van der Waals surface area contributed by atoms with E-state index in [1.54, 1.807) is 0 Å². The number of carbonyl (C=O) groups is 1. The third kappa shape index (κ3) is 2.50. The van der Waals surface area contributed by atoms with Crippen LogP contribution in [0.3, 0.4) is 0 Å². The molecule has 2 rings (SSSR count). The fourth-order valence-electron chi connectivity index (χ4n) is 2.21. The number of nitrogens with zero attached hydrogens (tertiary/aromatic N) is 1. The average molecular weight is 232 g/mol. The van der Waals surface area contributed by atoms with E-state index in [2.05, 4.69) is 19.2 Å². The molecule has 92 valence electrons. The Balaban J connectivity index is 2.21. The molecular weight excluding hydrogens is 212 g/mol. The first kappa shape index (κ1) is 12.1. The lowest BCUT2D eigenvalue weighted by Gasteiger charge is -2.42. The van der Waals surface area contributed by atoms with Gasteiger partial charge in [0, 0.05) is 25.2 Å². The fraction of sp³-hybridized carbons (Fsp3) is 0.500. The van der Waals surface area contributed by atoms with E-state index in [1.165, 1.54) is 5.56 Å². The molecule has 0 aliphatic carbocycles. The number of hydrogen-bond acceptors (Lipinski definition) is 2. The molecule has 3 heteroatoms. The molecule has 1 saturated heterocycles. The molecule has 1 heterocycles. The van der Waals surface area contributed by atoms with Gasteiger partial charge in [0.1, 0.15) is 0 Å². The Morgan fingerprint density at radius 1 is 1.29 bits per heavy atom. The zero-order chi connectivity index (χ0) is 12.5. The van der Waals surface area contributed by atoms with Crippen molar-refractivity contribution in [2.75, 3.05) is 19.6 Å². The topological polar surface area (TPSA) is 32.3 Å². The molecule has 1 amide bonds. The molecule has 17 heavy (non-hydrogen) atoms. The monoisotopic (exact) mass is 232 g/mol. The number of hydrogen-bond donors (Lipinski definition) is 1. The summed E-state index contributed by atoms with van der Waals surface area (Å²) >= 11 is 0. The van der Waals surface area contributed by atoms with E-state index in [9.17, 15) is 4.79 Å². The third-order valence-electron chi connectivity index (χ3n) is 3.34. The second kappa shape index (κ2) is 4.49. The predicted octanol–water partition coefficient (Wildman–Crippen LogP) is 1.82. The van der Waals surface area contributed by atoms with Crippen molar-refractivity contribution in [3.63, 3.8) is 0 Å². The first-order valence-corrected chi connectivity index (χ1v) is 6.10. The molecule has 0 saturated carbocycles. The first-order valence-electron chi connectivity index (χ1n) is 6.10. The highest BCUT2D eigenvalue weighted by molar-refractivity contribution is 5.94. The van der Waals surface area contributed by atoms with E-state index < -0.39 is 0 Å². The second-order valence-corrected chi connectivity index (χ2v) is 5.31. The van der Waals surface area contributed by atoms with Gasteiger partial charge in [0.15, 0.2) is 0 Å². The van der Waals surface area contributed by atoms with Crippen LogP contribution < -0.4 is 5.32 Å². The van der Waals surface area contributed by atoms with Crippen LogP contribution in [-0.4, -0.2) is 36.0 Å². The van der Waals surface area contributed by atoms with Gasteiger partial charge in [-0.05, 0) is 32.9 Å². The Hall–Kier alpha value is -1.35. The Morgan fingerprint density at radius 3 is 2.53 bits per heavy atom. The molecule has 1 N–H and O–H groups in total. The molecule has 0 radical (unpaired) electrons. The Labute approximate surface area is 103 Å². The van der Waals surface area contributed by atoms with Crippen LogP contribution in [0.2, 0.25) is 0 Å². The standard InChI is InChI=1S/C14H20N2O/c1-11-4-6-12(7-5-11)13(17)16-9-8-15-10-14(16,2)3/h4-7,15H,8-10H2,1-3H3. The van der Waals surface area contributed by atoms with Crippen LogP contribution in [-0.2, 0) is 0 Å². The largest absolute Gasteiger partial charge is 0.331 e. The molecule has 0 unspecified atom stereocenters. The van der Waals surface area contributed by atoms with Crippen molar-refractivity contribution < 1.29 is 4.79 Å². The summed E-state index contributed by atoms with van der Waals surface area (Å²) in [7, 11) is 0. The minimum atomic E-state index is -0.111. The Morgan fingerprint density at radius 2 is 1.94 bits per heavy atom. The minimum absolute atomic E-state index is 0.111. The summed E-state index contributed by atoms with van der Waals surface area (Å²) < 4.78 is 0. The van der Waals surface area contributed by atoms with Crippen molar-refractivity contribution in [1.82, 2.24) is 10.2 Å². The van der Waals surface area contributed by atoms with E-state index in [0.717, 1.165) is 25.2 Å². The molecule has 0 atom stereocenters. The van der Waals surface area contributed by atoms with Crippen LogP contribution >= 0.6 is 0 Å². The number of nitrogens with one attached hydrogen (secondary N) is 1. The molecular formula is C14H20N2O. The minimum Gasteiger partial charge on any atom is -0.331 e. The van der Waals surface area contributed by atoms with Gasteiger partial charge in [-0.3, -0.25) is 4.79 Å². The summed E-state index contributed by atoms with van der Waals surface area (Å²) in [6.45, 7) is 8.74. The van der Waals surface area contributed by atoms with E-state index in [-0.39, 0.29) is 11.4 Å². The molecule has 0 bridgehead atoms. The van der Waals surface area contributed by atoms with E-state index in [1.807, 2.05) is 36.1 Å². The van der Waals surface area contributed by atoms with E-state index >= 15 is 0 Å². The van der Waals surface area contributed by atoms with Crippen LogP contribution in [0.5, 0.6) is 0 Å². The molecule has 1 aromatic rings. The Kier molecular flexibility index (Phi) is 3.20. The lowest BCUT2D eigenvalue weighted by Crippen LogP contribution is -2.59. The van der Waals surface area contributed by atoms with Gasteiger partial charge in [-0.1, -0.05) is 17.7 Å². The quantitative estimate of drug-likeness (QED) is 0.801. The van der Waals surface area contributed by atoms with Gasteiger partial charge in [-0.2, -0.15) is 0 Å². The molecule has 3 nitrogen and oxygen atoms in total. The average Bonchev–Trinajstić information content (AvgIpc) is 2.28. The highest BCUT2D eigenvalue weighted by atomic mass is 16.2. The van der Waals surface area contributed by atoms with Crippen LogP contribution in [0.4, 0.5) is 0 Å². The van der Waals surface area contributed by atoms with Crippen LogP contribution in [0.25, 0.3) is 0 Å². The van der Waals surface area contributed by atoms with Gasteiger partial charge in [-0.15, -0.1) is 0 Å². The number of benzene rings is 1. The maximum atomic E-state index is 12.4. The van der Waals surface area contributed by atoms with Gasteiger partial charge < -0.3 is 10.2 Å². The summed E-state index contributed by atoms with van der Waals surface area (Å²) in [6, 6.07) is 7.80. The maximum Gasteiger partial charge on any atom is 0.254 e. The Bertz CT molecular complexity index is 409. The predicted molar refractivity (Wildman–Crippen MR) is 69.2 cm³/mol. The van der Waals surface area contributed by atoms with Gasteiger partial charge in [0.25, 0.3) is 5.91 Å². The highest BCUT2D eigenvalue weighted by Crippen LogP contribution is 2.19. The SMILES string of the molecule is Cc1ccc(C(=O)N2CCNCC2(C)C)cc1. The van der Waals surface area contributed by atoms with Crippen LogP contribution in [0.1, 0.15) is 29.8 Å². The normalized spacial score (nSPS) is 19.1. The second-order valence-electron chi connectivity index (χ2n) is 5.31. The lowest BCUT2D eigenvalue weighted by molar-refractivity contribution is 0.0477. The number of amides is 1. The van der Waals surface area contributed by atoms with Gasteiger partial charge >= 0.3 is 0 Å². The molecule has 1 aromatic carbocycles. The highest BCUT2D eigenvalue weighted by Gasteiger charge is 2.33. The van der Waals surface area contributed by atoms with Crippen molar-refractivity contribution in [3.05, 3.63) is 35.4 Å². The van der Waals surface area contributed by atoms with Gasteiger partial charge in [0.2, 0.25) is 0 Å². The summed E-state index contributed by atoms with van der Waals surface area (Å²) in [6.07, 6.45) is 0. The van der Waals surface area contributed by atoms with Crippen LogP contribution in [0.15, 0.2) is 24.3 Å². The van der Waals surface area contributed by atoms with E-state index in [4.69, 9.17) is 0 Å². The summed E-state index contributed by atoms with van der Waals surface area (Å²) in [5, 5.41) is 3.33. The van der Waals surface area contributed by atoms with Crippen molar-refractivity contribution >= 4 is 5.91 Å². The van der Waals surface area contributed by atoms with Crippen molar-refractivity contribution in [1.29, 1.82) is 0 Å². The molecule has 1 aliphatic rings. The van der Waals surface area contributed by atoms with Crippen LogP contribution in [0, 0.1) is 6.92 Å². The third-order valence-corrected chi connectivity index (χ3v) is 3.34. The number of carbonyl (C=O) groups excluding carboxylic acids is 1. The maximum absolute atomic E-state index is 12.4. The molecule has 0 aromatic heterocycles. The van der Waals surface area contributed by atoms with Gasteiger partial charge in [0.05, 0.1) is 5.54 Å². The lowest BCUT2D eigenvalue weighted by atomic mass is 9.98. The smallest absolute Gasteiger partial charge is 0.254 e. The van der Waals surface area contributed by atoms with Crippen molar-refractivity contribution in [2.45, 2.75) is 26.3 Å². The summed E-state index contributed by atoms with van der Waals surface area (Å²) in [5.74, 6) is 0.136. The number of rotatable bonds is 1. The van der Waals surface area contributed by atoms with E-state index in [0.29, 0.717) is 0 Å². The zero-order valence-electron chi connectivity index (χ0n) is 10.8. The molecule has 1 fully saturated rings. The summed E-state index contributed by atoms with van der Waals surface area (Å²) in [4.78, 5) is 14.4. The van der Waals surface area contributed by atoms with Crippen molar-refractivity contribution in [3.8, 4) is 0 Å². The molecule has 0 spiro atoms. The zero-order valence-corrected chi connectivity index (χ0v) is 10.8. The molecule has 1 aliphatic heterocycles. The van der Waals surface area contributed by atoms with Crippen molar-refractivity contribution in [2.24, 2.45) is 0 Å².